The van der Waals surface area contributed by atoms with Crippen LogP contribution in [0.15, 0.2) is 22.7 Å². The van der Waals surface area contributed by atoms with Crippen molar-refractivity contribution >= 4 is 15.9 Å². The molecule has 0 spiro atoms. The van der Waals surface area contributed by atoms with Crippen molar-refractivity contribution in [2.45, 2.75) is 46.6 Å². The highest BCUT2D eigenvalue weighted by Gasteiger charge is 2.14. The molecule has 17 heavy (non-hydrogen) atoms. The van der Waals surface area contributed by atoms with Gasteiger partial charge in [0.2, 0.25) is 0 Å². The van der Waals surface area contributed by atoms with Gasteiger partial charge in [-0.2, -0.15) is 0 Å². The highest BCUT2D eigenvalue weighted by atomic mass is 79.9. The van der Waals surface area contributed by atoms with E-state index in [1.807, 2.05) is 0 Å². The van der Waals surface area contributed by atoms with E-state index < -0.39 is 0 Å². The largest absolute Gasteiger partial charge is 0.310 e. The summed E-state index contributed by atoms with van der Waals surface area (Å²) < 4.78 is 1.16. The van der Waals surface area contributed by atoms with Crippen molar-refractivity contribution in [3.8, 4) is 0 Å². The maximum atomic E-state index is 3.66. The van der Waals surface area contributed by atoms with Crippen LogP contribution in [0.5, 0.6) is 0 Å². The fourth-order valence-electron chi connectivity index (χ4n) is 2.14. The molecule has 0 saturated carbocycles. The maximum Gasteiger partial charge on any atom is 0.0325 e. The molecule has 0 amide bonds. The summed E-state index contributed by atoms with van der Waals surface area (Å²) in [6, 6.07) is 7.08. The Balaban J connectivity index is 2.86. The Kier molecular flexibility index (Phi) is 6.21. The first-order valence-corrected chi connectivity index (χ1v) is 7.33. The van der Waals surface area contributed by atoms with Crippen LogP contribution in [-0.4, -0.2) is 6.54 Å². The monoisotopic (exact) mass is 297 g/mol. The van der Waals surface area contributed by atoms with Crippen LogP contribution in [0.3, 0.4) is 0 Å². The molecule has 96 valence electrons. The fraction of sp³-hybridized carbons (Fsp3) is 0.600. The summed E-state index contributed by atoms with van der Waals surface area (Å²) in [5, 5.41) is 3.66. The van der Waals surface area contributed by atoms with Crippen LogP contribution in [0.25, 0.3) is 0 Å². The molecule has 1 unspecified atom stereocenters. The van der Waals surface area contributed by atoms with Gasteiger partial charge in [-0.3, -0.25) is 0 Å². The molecule has 0 aliphatic heterocycles. The summed E-state index contributed by atoms with van der Waals surface area (Å²) in [7, 11) is 0. The molecule has 1 rings (SSSR count). The lowest BCUT2D eigenvalue weighted by Crippen LogP contribution is -2.24. The normalized spacial score (nSPS) is 13.1. The van der Waals surface area contributed by atoms with E-state index in [4.69, 9.17) is 0 Å². The number of benzene rings is 1. The molecular formula is C15H24BrN. The van der Waals surface area contributed by atoms with Gasteiger partial charge >= 0.3 is 0 Å². The van der Waals surface area contributed by atoms with Crippen LogP contribution in [0.2, 0.25) is 0 Å². The number of aryl methyl sites for hydroxylation is 1. The van der Waals surface area contributed by atoms with Crippen LogP contribution < -0.4 is 5.32 Å². The highest BCUT2D eigenvalue weighted by molar-refractivity contribution is 9.10. The third-order valence-electron chi connectivity index (χ3n) is 2.96. The van der Waals surface area contributed by atoms with E-state index >= 15 is 0 Å². The molecule has 0 saturated heterocycles. The lowest BCUT2D eigenvalue weighted by Gasteiger charge is -2.23. The topological polar surface area (TPSA) is 12.0 Å². The standard InChI is InChI=1S/C15H24BrN/c1-5-8-17-15(9-11(2)3)14-7-6-13(16)10-12(14)4/h6-7,10-11,15,17H,5,8-9H2,1-4H3. The minimum absolute atomic E-state index is 0.489. The zero-order chi connectivity index (χ0) is 12.8. The van der Waals surface area contributed by atoms with Crippen LogP contribution in [-0.2, 0) is 0 Å². The van der Waals surface area contributed by atoms with Gasteiger partial charge in [0.1, 0.15) is 0 Å². The first kappa shape index (κ1) is 14.7. The number of hydrogen-bond acceptors (Lipinski definition) is 1. The van der Waals surface area contributed by atoms with Gasteiger partial charge in [-0.15, -0.1) is 0 Å². The van der Waals surface area contributed by atoms with Gasteiger partial charge < -0.3 is 5.32 Å². The molecule has 1 N–H and O–H groups in total. The molecule has 1 aromatic rings. The Labute approximate surface area is 114 Å². The van der Waals surface area contributed by atoms with Crippen molar-refractivity contribution in [2.75, 3.05) is 6.54 Å². The fourth-order valence-corrected chi connectivity index (χ4v) is 2.62. The van der Waals surface area contributed by atoms with Crippen LogP contribution >= 0.6 is 15.9 Å². The molecule has 0 aromatic heterocycles. The van der Waals surface area contributed by atoms with Gasteiger partial charge in [0, 0.05) is 10.5 Å². The molecule has 0 aliphatic carbocycles. The van der Waals surface area contributed by atoms with Crippen LogP contribution in [0.4, 0.5) is 0 Å². The maximum absolute atomic E-state index is 3.66. The molecule has 0 fully saturated rings. The van der Waals surface area contributed by atoms with Crippen molar-refractivity contribution in [3.63, 3.8) is 0 Å². The highest BCUT2D eigenvalue weighted by Crippen LogP contribution is 2.26. The second-order valence-electron chi connectivity index (χ2n) is 5.14. The van der Waals surface area contributed by atoms with Crippen molar-refractivity contribution in [2.24, 2.45) is 5.92 Å². The van der Waals surface area contributed by atoms with E-state index in [9.17, 15) is 0 Å². The first-order valence-electron chi connectivity index (χ1n) is 6.54. The number of rotatable bonds is 6. The quantitative estimate of drug-likeness (QED) is 0.792. The Morgan fingerprint density at radius 2 is 2.00 bits per heavy atom. The van der Waals surface area contributed by atoms with E-state index in [-0.39, 0.29) is 0 Å². The summed E-state index contributed by atoms with van der Waals surface area (Å²) in [4.78, 5) is 0. The smallest absolute Gasteiger partial charge is 0.0325 e. The molecular weight excluding hydrogens is 274 g/mol. The Hall–Kier alpha value is -0.340. The predicted molar refractivity (Wildman–Crippen MR) is 79.4 cm³/mol. The lowest BCUT2D eigenvalue weighted by molar-refractivity contribution is 0.429. The Morgan fingerprint density at radius 3 is 2.53 bits per heavy atom. The molecule has 1 nitrogen and oxygen atoms in total. The molecule has 1 aromatic carbocycles. The lowest BCUT2D eigenvalue weighted by atomic mass is 9.94. The van der Waals surface area contributed by atoms with Gasteiger partial charge in [0.15, 0.2) is 0 Å². The van der Waals surface area contributed by atoms with Crippen molar-refractivity contribution in [1.82, 2.24) is 5.32 Å². The number of halogens is 1. The van der Waals surface area contributed by atoms with Crippen molar-refractivity contribution in [1.29, 1.82) is 0 Å². The second-order valence-corrected chi connectivity index (χ2v) is 6.05. The van der Waals surface area contributed by atoms with Gasteiger partial charge in [0.05, 0.1) is 0 Å². The van der Waals surface area contributed by atoms with E-state index in [1.165, 1.54) is 24.0 Å². The van der Waals surface area contributed by atoms with Gasteiger partial charge in [-0.05, 0) is 55.5 Å². The third-order valence-corrected chi connectivity index (χ3v) is 3.45. The molecule has 1 atom stereocenters. The zero-order valence-corrected chi connectivity index (χ0v) is 13.0. The van der Waals surface area contributed by atoms with Gasteiger partial charge in [-0.1, -0.05) is 42.8 Å². The van der Waals surface area contributed by atoms with Crippen molar-refractivity contribution in [3.05, 3.63) is 33.8 Å². The zero-order valence-electron chi connectivity index (χ0n) is 11.4. The second kappa shape index (κ2) is 7.17. The SMILES string of the molecule is CCCNC(CC(C)C)c1ccc(Br)cc1C. The molecule has 0 heterocycles. The minimum atomic E-state index is 0.489. The molecule has 2 heteroatoms. The van der Waals surface area contributed by atoms with Gasteiger partial charge in [0.25, 0.3) is 0 Å². The van der Waals surface area contributed by atoms with E-state index in [0.717, 1.165) is 11.0 Å². The molecule has 0 radical (unpaired) electrons. The van der Waals surface area contributed by atoms with Crippen LogP contribution in [0.1, 0.15) is 50.8 Å². The first-order chi connectivity index (χ1) is 8.04. The number of hydrogen-bond donors (Lipinski definition) is 1. The van der Waals surface area contributed by atoms with Crippen molar-refractivity contribution < 1.29 is 0 Å². The summed E-state index contributed by atoms with van der Waals surface area (Å²) in [6.07, 6.45) is 2.38. The molecule has 0 bridgehead atoms. The third kappa shape index (κ3) is 4.81. The average molecular weight is 298 g/mol. The predicted octanol–water partition coefficient (Wildman–Crippen LogP) is 4.84. The summed E-state index contributed by atoms with van der Waals surface area (Å²) in [5.41, 5.74) is 2.81. The summed E-state index contributed by atoms with van der Waals surface area (Å²) in [5.74, 6) is 0.715. The summed E-state index contributed by atoms with van der Waals surface area (Å²) >= 11 is 3.53. The average Bonchev–Trinajstić information content (AvgIpc) is 2.24. The summed E-state index contributed by atoms with van der Waals surface area (Å²) in [6.45, 7) is 10.1. The van der Waals surface area contributed by atoms with E-state index in [2.05, 4.69) is 67.1 Å². The van der Waals surface area contributed by atoms with E-state index in [0.29, 0.717) is 12.0 Å². The van der Waals surface area contributed by atoms with Gasteiger partial charge in [-0.25, -0.2) is 0 Å². The number of nitrogens with one attached hydrogen (secondary N) is 1. The Morgan fingerprint density at radius 1 is 1.29 bits per heavy atom. The molecule has 0 aliphatic rings. The van der Waals surface area contributed by atoms with Crippen LogP contribution in [0, 0.1) is 12.8 Å². The minimum Gasteiger partial charge on any atom is -0.310 e. The van der Waals surface area contributed by atoms with E-state index in [1.54, 1.807) is 0 Å². The Bertz CT molecular complexity index is 347.